The third-order valence-electron chi connectivity index (χ3n) is 4.13. The van der Waals surface area contributed by atoms with Crippen LogP contribution in [0.15, 0.2) is 36.4 Å². The van der Waals surface area contributed by atoms with E-state index in [1.54, 1.807) is 24.3 Å². The largest absolute Gasteiger partial charge is 0.296 e. The number of aromatic nitrogens is 2. The molecule has 3 amide bonds. The first-order valence-electron chi connectivity index (χ1n) is 8.09. The van der Waals surface area contributed by atoms with Crippen LogP contribution in [-0.4, -0.2) is 32.8 Å². The predicted octanol–water partition coefficient (Wildman–Crippen LogP) is 4.55. The molecule has 4 rings (SSSR count). The fraction of sp³-hybridized carbons (Fsp3) is 0.0556. The number of anilines is 1. The summed E-state index contributed by atoms with van der Waals surface area (Å²) in [5.41, 5.74) is 0.708. The molecule has 11 heteroatoms. The molecule has 0 radical (unpaired) electrons. The van der Waals surface area contributed by atoms with Crippen molar-refractivity contribution in [3.63, 3.8) is 0 Å². The molecule has 0 bridgehead atoms. The molecule has 0 saturated carbocycles. The van der Waals surface area contributed by atoms with Gasteiger partial charge in [-0.25, -0.2) is 0 Å². The van der Waals surface area contributed by atoms with Crippen molar-refractivity contribution in [3.05, 3.63) is 73.2 Å². The summed E-state index contributed by atoms with van der Waals surface area (Å²) in [6.45, 7) is -0.0570. The van der Waals surface area contributed by atoms with Gasteiger partial charge >= 0.3 is 0 Å². The second-order valence-corrected chi connectivity index (χ2v) is 8.17. The number of amides is 3. The number of carbonyl (C=O) groups is 3. The van der Waals surface area contributed by atoms with Crippen LogP contribution in [0.1, 0.15) is 36.1 Å². The monoisotopic (exact) mass is 466 g/mol. The number of fused-ring (bicyclic) bond motifs is 1. The molecule has 0 fully saturated rings. The highest BCUT2D eigenvalue weighted by Crippen LogP contribution is 2.32. The molecule has 0 unspecified atom stereocenters. The van der Waals surface area contributed by atoms with Crippen molar-refractivity contribution in [1.29, 1.82) is 0 Å². The summed E-state index contributed by atoms with van der Waals surface area (Å²) in [6, 6.07) is 9.52. The molecule has 1 N–H and O–H groups in total. The predicted molar refractivity (Wildman–Crippen MR) is 110 cm³/mol. The maximum absolute atomic E-state index is 12.5. The minimum absolute atomic E-state index is 0.0120. The summed E-state index contributed by atoms with van der Waals surface area (Å²) in [7, 11) is 0. The second-order valence-electron chi connectivity index (χ2n) is 5.92. The van der Waals surface area contributed by atoms with E-state index in [2.05, 4.69) is 15.5 Å². The molecule has 146 valence electrons. The summed E-state index contributed by atoms with van der Waals surface area (Å²) in [5, 5.41) is 11.2. The lowest BCUT2D eigenvalue weighted by Crippen LogP contribution is -2.29. The molecule has 0 atom stereocenters. The Labute approximate surface area is 183 Å². The average molecular weight is 468 g/mol. The van der Waals surface area contributed by atoms with Crippen LogP contribution in [0.2, 0.25) is 15.1 Å². The highest BCUT2D eigenvalue weighted by atomic mass is 35.5. The van der Waals surface area contributed by atoms with Crippen LogP contribution in [0.4, 0.5) is 5.13 Å². The number of nitrogens with zero attached hydrogens (tertiary/aromatic N) is 3. The summed E-state index contributed by atoms with van der Waals surface area (Å²) in [4.78, 5) is 38.5. The Balaban J connectivity index is 1.50. The summed E-state index contributed by atoms with van der Waals surface area (Å²) in [6.07, 6.45) is 0. The minimum atomic E-state index is -0.606. The number of hydrogen-bond donors (Lipinski definition) is 1. The van der Waals surface area contributed by atoms with Crippen molar-refractivity contribution in [2.75, 3.05) is 5.32 Å². The lowest BCUT2D eigenvalue weighted by molar-refractivity contribution is 0.0641. The van der Waals surface area contributed by atoms with E-state index in [1.165, 1.54) is 12.1 Å². The van der Waals surface area contributed by atoms with Crippen molar-refractivity contribution in [3.8, 4) is 0 Å². The van der Waals surface area contributed by atoms with Gasteiger partial charge in [0, 0.05) is 0 Å². The standard InChI is InChI=1S/C18H9Cl3N4O3S/c19-10-5-6-11(20)14(21)13(10)15(26)22-18-24-23-12(29-18)7-25-16(27)8-3-1-2-4-9(8)17(25)28/h1-6H,7H2,(H,22,24,26). The molecule has 2 heterocycles. The smallest absolute Gasteiger partial charge is 0.261 e. The number of rotatable bonds is 4. The topological polar surface area (TPSA) is 92.3 Å². The van der Waals surface area contributed by atoms with Gasteiger partial charge in [0.1, 0.15) is 5.01 Å². The fourth-order valence-electron chi connectivity index (χ4n) is 2.78. The quantitative estimate of drug-likeness (QED) is 0.449. The first-order valence-corrected chi connectivity index (χ1v) is 10.0. The van der Waals surface area contributed by atoms with E-state index < -0.39 is 17.7 Å². The van der Waals surface area contributed by atoms with E-state index in [0.29, 0.717) is 16.1 Å². The van der Waals surface area contributed by atoms with Gasteiger partial charge in [-0.2, -0.15) is 0 Å². The van der Waals surface area contributed by atoms with Gasteiger partial charge in [-0.1, -0.05) is 58.3 Å². The van der Waals surface area contributed by atoms with Crippen molar-refractivity contribution >= 4 is 69.0 Å². The Hall–Kier alpha value is -2.52. The highest BCUT2D eigenvalue weighted by Gasteiger charge is 2.35. The van der Waals surface area contributed by atoms with E-state index in [-0.39, 0.29) is 32.3 Å². The van der Waals surface area contributed by atoms with Gasteiger partial charge in [-0.15, -0.1) is 10.2 Å². The van der Waals surface area contributed by atoms with Crippen LogP contribution in [-0.2, 0) is 6.54 Å². The Morgan fingerprint density at radius 2 is 1.59 bits per heavy atom. The van der Waals surface area contributed by atoms with Gasteiger partial charge in [0.05, 0.1) is 38.3 Å². The second kappa shape index (κ2) is 7.72. The molecule has 3 aromatic rings. The molecule has 0 saturated heterocycles. The first-order chi connectivity index (χ1) is 13.9. The van der Waals surface area contributed by atoms with E-state index >= 15 is 0 Å². The SMILES string of the molecule is O=C(Nc1nnc(CN2C(=O)c3ccccc3C2=O)s1)c1c(Cl)ccc(Cl)c1Cl. The van der Waals surface area contributed by atoms with Crippen LogP contribution >= 0.6 is 46.1 Å². The molecule has 1 aromatic heterocycles. The van der Waals surface area contributed by atoms with E-state index in [4.69, 9.17) is 34.8 Å². The molecule has 0 aliphatic carbocycles. The highest BCUT2D eigenvalue weighted by molar-refractivity contribution is 7.15. The molecule has 2 aromatic carbocycles. The van der Waals surface area contributed by atoms with Gasteiger partial charge in [0.25, 0.3) is 17.7 Å². The zero-order valence-corrected chi connectivity index (χ0v) is 17.4. The minimum Gasteiger partial charge on any atom is -0.296 e. The lowest BCUT2D eigenvalue weighted by atomic mass is 10.1. The van der Waals surface area contributed by atoms with E-state index in [9.17, 15) is 14.4 Å². The Morgan fingerprint density at radius 3 is 2.24 bits per heavy atom. The average Bonchev–Trinajstić information content (AvgIpc) is 3.24. The van der Waals surface area contributed by atoms with Crippen molar-refractivity contribution in [1.82, 2.24) is 15.1 Å². The third kappa shape index (κ3) is 3.60. The lowest BCUT2D eigenvalue weighted by Gasteiger charge is -2.10. The van der Waals surface area contributed by atoms with Crippen LogP contribution in [0.3, 0.4) is 0 Å². The molecule has 29 heavy (non-hydrogen) atoms. The molecular formula is C18H9Cl3N4O3S. The Morgan fingerprint density at radius 1 is 0.966 bits per heavy atom. The van der Waals surface area contributed by atoms with Gasteiger partial charge in [-0.3, -0.25) is 24.6 Å². The maximum atomic E-state index is 12.5. The number of imide groups is 1. The summed E-state index contributed by atoms with van der Waals surface area (Å²) >= 11 is 19.1. The van der Waals surface area contributed by atoms with Crippen LogP contribution < -0.4 is 5.32 Å². The maximum Gasteiger partial charge on any atom is 0.261 e. The fourth-order valence-corrected chi connectivity index (χ4v) is 4.20. The van der Waals surface area contributed by atoms with Crippen molar-refractivity contribution in [2.24, 2.45) is 0 Å². The summed E-state index contributed by atoms with van der Waals surface area (Å²) < 4.78 is 0. The Kier molecular flexibility index (Phi) is 5.26. The normalized spacial score (nSPS) is 13.0. The Bertz CT molecular complexity index is 1150. The van der Waals surface area contributed by atoms with Crippen LogP contribution in [0.5, 0.6) is 0 Å². The van der Waals surface area contributed by atoms with Crippen molar-refractivity contribution in [2.45, 2.75) is 6.54 Å². The first kappa shape index (κ1) is 19.8. The van der Waals surface area contributed by atoms with Gasteiger partial charge < -0.3 is 0 Å². The third-order valence-corrected chi connectivity index (χ3v) is 6.07. The number of hydrogen-bond acceptors (Lipinski definition) is 6. The van der Waals surface area contributed by atoms with Crippen molar-refractivity contribution < 1.29 is 14.4 Å². The zero-order chi connectivity index (χ0) is 20.7. The van der Waals surface area contributed by atoms with Gasteiger partial charge in [0.2, 0.25) is 5.13 Å². The summed E-state index contributed by atoms with van der Waals surface area (Å²) in [5.74, 6) is -1.40. The number of carbonyl (C=O) groups excluding carboxylic acids is 3. The number of nitrogens with one attached hydrogen (secondary N) is 1. The zero-order valence-electron chi connectivity index (χ0n) is 14.3. The van der Waals surface area contributed by atoms with E-state index in [1.807, 2.05) is 0 Å². The van der Waals surface area contributed by atoms with Crippen LogP contribution in [0, 0.1) is 0 Å². The molecule has 1 aliphatic rings. The van der Waals surface area contributed by atoms with Gasteiger partial charge in [-0.05, 0) is 24.3 Å². The number of benzene rings is 2. The molecule has 0 spiro atoms. The molecule has 7 nitrogen and oxygen atoms in total. The van der Waals surface area contributed by atoms with Crippen LogP contribution in [0.25, 0.3) is 0 Å². The molecule has 1 aliphatic heterocycles. The molecular weight excluding hydrogens is 459 g/mol. The van der Waals surface area contributed by atoms with Gasteiger partial charge in [0.15, 0.2) is 0 Å². The van der Waals surface area contributed by atoms with E-state index in [0.717, 1.165) is 16.2 Å². The number of halogens is 3.